The van der Waals surface area contributed by atoms with Crippen molar-refractivity contribution >= 4 is 11.0 Å². The first kappa shape index (κ1) is 8.77. The third kappa shape index (κ3) is 1.39. The van der Waals surface area contributed by atoms with E-state index in [0.29, 0.717) is 0 Å². The van der Waals surface area contributed by atoms with E-state index in [0.717, 1.165) is 42.1 Å². The van der Waals surface area contributed by atoms with E-state index in [-0.39, 0.29) is 0 Å². The number of hydrogen-bond acceptors (Lipinski definition) is 2. The molecule has 0 fully saturated rings. The zero-order valence-electron chi connectivity index (χ0n) is 8.84. The standard InChI is InChI=1S/C12H14N2O/c1-8-13-10-5-6-11-9(12(10)14-8)4-2-3-7-15-11/h5-6H,2-4,7H2,1H3,(H,13,14). The first-order valence-corrected chi connectivity index (χ1v) is 5.45. The molecule has 78 valence electrons. The molecule has 3 heteroatoms. The van der Waals surface area contributed by atoms with Crippen molar-refractivity contribution in [3.05, 3.63) is 23.5 Å². The lowest BCUT2D eigenvalue weighted by Gasteiger charge is -2.06. The predicted molar refractivity (Wildman–Crippen MR) is 59.3 cm³/mol. The molecule has 15 heavy (non-hydrogen) atoms. The summed E-state index contributed by atoms with van der Waals surface area (Å²) < 4.78 is 5.71. The van der Waals surface area contributed by atoms with E-state index in [4.69, 9.17) is 4.74 Å². The van der Waals surface area contributed by atoms with E-state index in [1.807, 2.05) is 6.92 Å². The van der Waals surface area contributed by atoms with E-state index in [1.54, 1.807) is 0 Å². The van der Waals surface area contributed by atoms with Crippen molar-refractivity contribution in [2.24, 2.45) is 0 Å². The van der Waals surface area contributed by atoms with E-state index in [2.05, 4.69) is 22.1 Å². The minimum atomic E-state index is 0.835. The average molecular weight is 202 g/mol. The lowest BCUT2D eigenvalue weighted by molar-refractivity contribution is 0.317. The second-order valence-corrected chi connectivity index (χ2v) is 4.07. The van der Waals surface area contributed by atoms with Gasteiger partial charge < -0.3 is 9.72 Å². The molecule has 3 rings (SSSR count). The second kappa shape index (κ2) is 3.26. The Kier molecular flexibility index (Phi) is 1.91. The molecule has 1 aliphatic rings. The molecule has 0 saturated heterocycles. The van der Waals surface area contributed by atoms with Crippen LogP contribution in [0.4, 0.5) is 0 Å². The molecule has 0 bridgehead atoms. The molecule has 1 aliphatic heterocycles. The number of benzene rings is 1. The second-order valence-electron chi connectivity index (χ2n) is 4.07. The predicted octanol–water partition coefficient (Wildman–Crippen LogP) is 2.59. The summed E-state index contributed by atoms with van der Waals surface area (Å²) in [5, 5.41) is 0. The van der Waals surface area contributed by atoms with E-state index in [9.17, 15) is 0 Å². The van der Waals surface area contributed by atoms with Crippen LogP contribution in [0.1, 0.15) is 24.2 Å². The summed E-state index contributed by atoms with van der Waals surface area (Å²) in [5.74, 6) is 1.99. The van der Waals surface area contributed by atoms with Gasteiger partial charge in [0.05, 0.1) is 17.6 Å². The Morgan fingerprint density at radius 2 is 2.27 bits per heavy atom. The fourth-order valence-corrected chi connectivity index (χ4v) is 2.20. The number of hydrogen-bond donors (Lipinski definition) is 1. The van der Waals surface area contributed by atoms with Gasteiger partial charge in [0.2, 0.25) is 0 Å². The Morgan fingerprint density at radius 1 is 1.33 bits per heavy atom. The summed E-state index contributed by atoms with van der Waals surface area (Å²) in [7, 11) is 0. The van der Waals surface area contributed by atoms with Gasteiger partial charge >= 0.3 is 0 Å². The molecule has 2 aromatic rings. The largest absolute Gasteiger partial charge is 0.493 e. The van der Waals surface area contributed by atoms with Crippen LogP contribution >= 0.6 is 0 Å². The van der Waals surface area contributed by atoms with E-state index >= 15 is 0 Å². The molecule has 0 amide bonds. The van der Waals surface area contributed by atoms with Crippen LogP contribution in [0, 0.1) is 6.92 Å². The monoisotopic (exact) mass is 202 g/mol. The van der Waals surface area contributed by atoms with Crippen LogP contribution in [0.25, 0.3) is 11.0 Å². The first-order valence-electron chi connectivity index (χ1n) is 5.45. The van der Waals surface area contributed by atoms with Crippen molar-refractivity contribution in [1.29, 1.82) is 0 Å². The van der Waals surface area contributed by atoms with Crippen LogP contribution in [-0.2, 0) is 6.42 Å². The number of imidazole rings is 1. The van der Waals surface area contributed by atoms with Gasteiger partial charge in [0, 0.05) is 5.56 Å². The number of aromatic nitrogens is 2. The summed E-state index contributed by atoms with van der Waals surface area (Å²) in [4.78, 5) is 7.79. The smallest absolute Gasteiger partial charge is 0.124 e. The maximum absolute atomic E-state index is 5.71. The van der Waals surface area contributed by atoms with Crippen molar-refractivity contribution in [1.82, 2.24) is 9.97 Å². The lowest BCUT2D eigenvalue weighted by atomic mass is 10.1. The Morgan fingerprint density at radius 3 is 3.20 bits per heavy atom. The van der Waals surface area contributed by atoms with Gasteiger partial charge in [-0.25, -0.2) is 4.98 Å². The number of aryl methyl sites for hydroxylation is 2. The number of nitrogens with one attached hydrogen (secondary N) is 1. The summed E-state index contributed by atoms with van der Waals surface area (Å²) >= 11 is 0. The van der Waals surface area contributed by atoms with Crippen molar-refractivity contribution in [2.75, 3.05) is 6.61 Å². The number of ether oxygens (including phenoxy) is 1. The molecular formula is C12H14N2O. The third-order valence-electron chi connectivity index (χ3n) is 2.91. The van der Waals surface area contributed by atoms with Crippen LogP contribution in [0.15, 0.2) is 12.1 Å². The van der Waals surface area contributed by atoms with Crippen molar-refractivity contribution in [3.63, 3.8) is 0 Å². The number of aromatic amines is 1. The normalized spacial score (nSPS) is 15.8. The Balaban J connectivity index is 2.26. The Hall–Kier alpha value is -1.51. The quantitative estimate of drug-likeness (QED) is 0.713. The van der Waals surface area contributed by atoms with Gasteiger partial charge in [-0.05, 0) is 38.3 Å². The van der Waals surface area contributed by atoms with Gasteiger partial charge in [0.25, 0.3) is 0 Å². The fraction of sp³-hybridized carbons (Fsp3) is 0.417. The van der Waals surface area contributed by atoms with Crippen molar-refractivity contribution < 1.29 is 4.74 Å². The van der Waals surface area contributed by atoms with Gasteiger partial charge in [-0.3, -0.25) is 0 Å². The Labute approximate surface area is 88.5 Å². The molecule has 1 N–H and O–H groups in total. The highest BCUT2D eigenvalue weighted by Crippen LogP contribution is 2.30. The van der Waals surface area contributed by atoms with E-state index in [1.165, 1.54) is 12.0 Å². The molecule has 0 spiro atoms. The fourth-order valence-electron chi connectivity index (χ4n) is 2.20. The van der Waals surface area contributed by atoms with Gasteiger partial charge in [-0.15, -0.1) is 0 Å². The zero-order valence-corrected chi connectivity index (χ0v) is 8.84. The highest BCUT2D eigenvalue weighted by molar-refractivity contribution is 5.81. The molecule has 0 saturated carbocycles. The minimum Gasteiger partial charge on any atom is -0.493 e. The molecule has 0 unspecified atom stereocenters. The molecular weight excluding hydrogens is 188 g/mol. The highest BCUT2D eigenvalue weighted by atomic mass is 16.5. The van der Waals surface area contributed by atoms with Gasteiger partial charge in [0.15, 0.2) is 0 Å². The summed E-state index contributed by atoms with van der Waals surface area (Å²) in [6.45, 7) is 2.83. The molecule has 1 aromatic heterocycles. The molecule has 2 heterocycles. The van der Waals surface area contributed by atoms with Gasteiger partial charge in [-0.2, -0.15) is 0 Å². The number of nitrogens with zero attached hydrogens (tertiary/aromatic N) is 1. The topological polar surface area (TPSA) is 37.9 Å². The third-order valence-corrected chi connectivity index (χ3v) is 2.91. The first-order chi connectivity index (χ1) is 7.34. The zero-order chi connectivity index (χ0) is 10.3. The van der Waals surface area contributed by atoms with E-state index < -0.39 is 0 Å². The lowest BCUT2D eigenvalue weighted by Crippen LogP contribution is -1.94. The van der Waals surface area contributed by atoms with Crippen molar-refractivity contribution in [3.8, 4) is 5.75 Å². The van der Waals surface area contributed by atoms with Crippen LogP contribution in [0.5, 0.6) is 5.75 Å². The highest BCUT2D eigenvalue weighted by Gasteiger charge is 2.14. The van der Waals surface area contributed by atoms with Gasteiger partial charge in [0.1, 0.15) is 11.6 Å². The minimum absolute atomic E-state index is 0.835. The summed E-state index contributed by atoms with van der Waals surface area (Å²) in [6.07, 6.45) is 3.41. The molecule has 0 aliphatic carbocycles. The van der Waals surface area contributed by atoms with Crippen molar-refractivity contribution in [2.45, 2.75) is 26.2 Å². The molecule has 0 atom stereocenters. The maximum atomic E-state index is 5.71. The summed E-state index contributed by atoms with van der Waals surface area (Å²) in [5.41, 5.74) is 3.48. The summed E-state index contributed by atoms with van der Waals surface area (Å²) in [6, 6.07) is 4.11. The van der Waals surface area contributed by atoms with Crippen LogP contribution < -0.4 is 4.74 Å². The van der Waals surface area contributed by atoms with Crippen LogP contribution in [-0.4, -0.2) is 16.6 Å². The average Bonchev–Trinajstić information content (AvgIpc) is 2.48. The SMILES string of the molecule is Cc1nc2c3c(ccc2[nH]1)OCCCC3. The maximum Gasteiger partial charge on any atom is 0.124 e. The molecule has 3 nitrogen and oxygen atoms in total. The molecule has 0 radical (unpaired) electrons. The van der Waals surface area contributed by atoms with Gasteiger partial charge in [-0.1, -0.05) is 0 Å². The molecule has 1 aromatic carbocycles. The van der Waals surface area contributed by atoms with Crippen LogP contribution in [0.3, 0.4) is 0 Å². The Bertz CT molecular complexity index is 502. The van der Waals surface area contributed by atoms with Crippen LogP contribution in [0.2, 0.25) is 0 Å². The number of H-pyrrole nitrogens is 1. The number of fused-ring (bicyclic) bond motifs is 3. The number of rotatable bonds is 0.